The van der Waals surface area contributed by atoms with E-state index < -0.39 is 10.0 Å². The van der Waals surface area contributed by atoms with Crippen LogP contribution in [-0.2, 0) is 27.9 Å². The third-order valence-corrected chi connectivity index (χ3v) is 5.96. The summed E-state index contributed by atoms with van der Waals surface area (Å²) >= 11 is 6.12. The van der Waals surface area contributed by atoms with Crippen LogP contribution in [0.4, 0.5) is 0 Å². The summed E-state index contributed by atoms with van der Waals surface area (Å²) in [6.45, 7) is 0.104. The fraction of sp³-hybridized carbons (Fsp3) is 0.190. The van der Waals surface area contributed by atoms with Gasteiger partial charge >= 0.3 is 0 Å². The third kappa shape index (κ3) is 5.32. The molecule has 0 aliphatic carbocycles. The Morgan fingerprint density at radius 2 is 1.68 bits per heavy atom. The molecule has 1 amide bonds. The van der Waals surface area contributed by atoms with Gasteiger partial charge in [0.2, 0.25) is 15.9 Å². The van der Waals surface area contributed by atoms with Gasteiger partial charge in [0, 0.05) is 18.1 Å². The molecule has 1 N–H and O–H groups in total. The van der Waals surface area contributed by atoms with Gasteiger partial charge in [-0.3, -0.25) is 4.79 Å². The number of hydrogen-bond donors (Lipinski definition) is 1. The van der Waals surface area contributed by atoms with Crippen LogP contribution in [0, 0.1) is 0 Å². The highest BCUT2D eigenvalue weighted by atomic mass is 35.5. The molecule has 0 radical (unpaired) electrons. The van der Waals surface area contributed by atoms with E-state index in [1.807, 2.05) is 42.5 Å². The summed E-state index contributed by atoms with van der Waals surface area (Å²) in [6, 6.07) is 20.9. The summed E-state index contributed by atoms with van der Waals surface area (Å²) < 4.78 is 25.3. The standard InChI is InChI=1S/C21H21ClN2O3S/c1-28(26,27)24(14-19-8-4-5-9-20(19)22)15-21(25)23-13-16-10-11-17-6-2-3-7-18(17)12-16/h2-12H,13-15H2,1H3,(H,23,25). The van der Waals surface area contributed by atoms with Crippen molar-refractivity contribution >= 4 is 38.3 Å². The van der Waals surface area contributed by atoms with Crippen molar-refractivity contribution < 1.29 is 13.2 Å². The van der Waals surface area contributed by atoms with E-state index in [2.05, 4.69) is 5.32 Å². The summed E-state index contributed by atoms with van der Waals surface area (Å²) in [7, 11) is -3.57. The molecule has 0 fully saturated rings. The average Bonchev–Trinajstić information content (AvgIpc) is 2.66. The smallest absolute Gasteiger partial charge is 0.235 e. The zero-order valence-electron chi connectivity index (χ0n) is 15.4. The summed E-state index contributed by atoms with van der Waals surface area (Å²) in [5, 5.41) is 5.47. The Kier molecular flexibility index (Phi) is 6.34. The minimum Gasteiger partial charge on any atom is -0.351 e. The SMILES string of the molecule is CS(=O)(=O)N(CC(=O)NCc1ccc2ccccc2c1)Cc1ccccc1Cl. The van der Waals surface area contributed by atoms with E-state index in [1.165, 1.54) is 0 Å². The highest BCUT2D eigenvalue weighted by Crippen LogP contribution is 2.18. The Hall–Kier alpha value is -2.41. The lowest BCUT2D eigenvalue weighted by molar-refractivity contribution is -0.121. The largest absolute Gasteiger partial charge is 0.351 e. The second-order valence-corrected chi connectivity index (χ2v) is 8.97. The highest BCUT2D eigenvalue weighted by molar-refractivity contribution is 7.88. The lowest BCUT2D eigenvalue weighted by Gasteiger charge is -2.20. The molecule has 3 aromatic carbocycles. The Balaban J connectivity index is 1.65. The molecule has 0 atom stereocenters. The summed E-state index contributed by atoms with van der Waals surface area (Å²) in [6.07, 6.45) is 1.08. The second kappa shape index (κ2) is 8.73. The summed E-state index contributed by atoms with van der Waals surface area (Å²) in [5.41, 5.74) is 1.60. The Morgan fingerprint density at radius 1 is 1.00 bits per heavy atom. The van der Waals surface area contributed by atoms with Gasteiger partial charge in [-0.1, -0.05) is 66.2 Å². The zero-order valence-corrected chi connectivity index (χ0v) is 17.0. The summed E-state index contributed by atoms with van der Waals surface area (Å²) in [5.74, 6) is -0.370. The Morgan fingerprint density at radius 3 is 2.39 bits per heavy atom. The van der Waals surface area contributed by atoms with Gasteiger partial charge in [-0.2, -0.15) is 4.31 Å². The first-order valence-corrected chi connectivity index (χ1v) is 11.0. The molecule has 0 unspecified atom stereocenters. The number of amides is 1. The number of benzene rings is 3. The molecular formula is C21H21ClN2O3S. The van der Waals surface area contributed by atoms with Crippen LogP contribution < -0.4 is 5.32 Å². The molecule has 0 spiro atoms. The first kappa shape index (κ1) is 20.3. The van der Waals surface area contributed by atoms with Crippen molar-refractivity contribution in [2.45, 2.75) is 13.1 Å². The van der Waals surface area contributed by atoms with Crippen molar-refractivity contribution in [1.82, 2.24) is 9.62 Å². The molecule has 146 valence electrons. The van der Waals surface area contributed by atoms with Crippen molar-refractivity contribution in [2.75, 3.05) is 12.8 Å². The number of hydrogen-bond acceptors (Lipinski definition) is 3. The molecule has 28 heavy (non-hydrogen) atoms. The third-order valence-electron chi connectivity index (χ3n) is 4.40. The Bertz CT molecular complexity index is 1100. The quantitative estimate of drug-likeness (QED) is 0.640. The van der Waals surface area contributed by atoms with Crippen LogP contribution in [0.5, 0.6) is 0 Å². The van der Waals surface area contributed by atoms with Gasteiger partial charge in [-0.25, -0.2) is 8.42 Å². The minimum absolute atomic E-state index is 0.0436. The zero-order chi connectivity index (χ0) is 20.1. The molecule has 0 saturated heterocycles. The number of rotatable bonds is 7. The highest BCUT2D eigenvalue weighted by Gasteiger charge is 2.21. The van der Waals surface area contributed by atoms with Crippen LogP contribution in [0.3, 0.4) is 0 Å². The number of nitrogens with one attached hydrogen (secondary N) is 1. The monoisotopic (exact) mass is 416 g/mol. The van der Waals surface area contributed by atoms with E-state index >= 15 is 0 Å². The minimum atomic E-state index is -3.57. The number of halogens is 1. The number of carbonyl (C=O) groups is 1. The Labute approximate surface area is 170 Å². The molecule has 0 aromatic heterocycles. The maximum Gasteiger partial charge on any atom is 0.235 e. The molecule has 0 aliphatic heterocycles. The summed E-state index contributed by atoms with van der Waals surface area (Å²) in [4.78, 5) is 12.4. The first-order valence-electron chi connectivity index (χ1n) is 8.76. The maximum absolute atomic E-state index is 12.4. The fourth-order valence-corrected chi connectivity index (χ4v) is 3.79. The van der Waals surface area contributed by atoms with Crippen molar-refractivity contribution in [3.05, 3.63) is 82.9 Å². The van der Waals surface area contributed by atoms with E-state index in [0.29, 0.717) is 17.1 Å². The van der Waals surface area contributed by atoms with Gasteiger partial charge in [0.15, 0.2) is 0 Å². The fourth-order valence-electron chi connectivity index (χ4n) is 2.87. The van der Waals surface area contributed by atoms with Crippen LogP contribution in [0.25, 0.3) is 10.8 Å². The van der Waals surface area contributed by atoms with Crippen LogP contribution in [-0.4, -0.2) is 31.4 Å². The number of nitrogens with zero attached hydrogens (tertiary/aromatic N) is 1. The van der Waals surface area contributed by atoms with Crippen molar-refractivity contribution in [2.24, 2.45) is 0 Å². The maximum atomic E-state index is 12.4. The average molecular weight is 417 g/mol. The molecule has 7 heteroatoms. The van der Waals surface area contributed by atoms with Crippen LogP contribution in [0.15, 0.2) is 66.7 Å². The van der Waals surface area contributed by atoms with Crippen LogP contribution >= 0.6 is 11.6 Å². The molecule has 3 aromatic rings. The van der Waals surface area contributed by atoms with E-state index in [0.717, 1.165) is 26.9 Å². The normalized spacial score (nSPS) is 11.7. The van der Waals surface area contributed by atoms with E-state index in [1.54, 1.807) is 24.3 Å². The van der Waals surface area contributed by atoms with Gasteiger partial charge in [-0.05, 0) is 34.0 Å². The van der Waals surface area contributed by atoms with E-state index in [4.69, 9.17) is 11.6 Å². The van der Waals surface area contributed by atoms with Crippen molar-refractivity contribution in [3.63, 3.8) is 0 Å². The molecule has 0 saturated carbocycles. The molecule has 0 aliphatic rings. The first-order chi connectivity index (χ1) is 13.3. The van der Waals surface area contributed by atoms with E-state index in [-0.39, 0.29) is 19.0 Å². The van der Waals surface area contributed by atoms with Crippen LogP contribution in [0.2, 0.25) is 5.02 Å². The van der Waals surface area contributed by atoms with Crippen molar-refractivity contribution in [1.29, 1.82) is 0 Å². The lowest BCUT2D eigenvalue weighted by atomic mass is 10.1. The number of fused-ring (bicyclic) bond motifs is 1. The van der Waals surface area contributed by atoms with E-state index in [9.17, 15) is 13.2 Å². The molecular weight excluding hydrogens is 396 g/mol. The van der Waals surface area contributed by atoms with Gasteiger partial charge < -0.3 is 5.32 Å². The topological polar surface area (TPSA) is 66.5 Å². The predicted molar refractivity (Wildman–Crippen MR) is 113 cm³/mol. The van der Waals surface area contributed by atoms with Crippen LogP contribution in [0.1, 0.15) is 11.1 Å². The molecule has 0 heterocycles. The van der Waals surface area contributed by atoms with Gasteiger partial charge in [-0.15, -0.1) is 0 Å². The molecule has 5 nitrogen and oxygen atoms in total. The van der Waals surface area contributed by atoms with Gasteiger partial charge in [0.05, 0.1) is 12.8 Å². The van der Waals surface area contributed by atoms with Gasteiger partial charge in [0.1, 0.15) is 0 Å². The molecule has 3 rings (SSSR count). The lowest BCUT2D eigenvalue weighted by Crippen LogP contribution is -2.39. The number of sulfonamides is 1. The van der Waals surface area contributed by atoms with Gasteiger partial charge in [0.25, 0.3) is 0 Å². The van der Waals surface area contributed by atoms with Crippen molar-refractivity contribution in [3.8, 4) is 0 Å². The molecule has 0 bridgehead atoms. The predicted octanol–water partition coefficient (Wildman–Crippen LogP) is 3.57. The number of carbonyl (C=O) groups excluding carboxylic acids is 1. The second-order valence-electron chi connectivity index (χ2n) is 6.58.